The summed E-state index contributed by atoms with van der Waals surface area (Å²) < 4.78 is 0. The van der Waals surface area contributed by atoms with E-state index in [0.717, 1.165) is 44.5 Å². The van der Waals surface area contributed by atoms with Crippen molar-refractivity contribution in [3.8, 4) is 79.5 Å². The predicted molar refractivity (Wildman–Crippen MR) is 196 cm³/mol. The lowest BCUT2D eigenvalue weighted by Gasteiger charge is -2.14. The molecule has 0 saturated heterocycles. The molecule has 0 aliphatic heterocycles. The van der Waals surface area contributed by atoms with Crippen LogP contribution in [0.3, 0.4) is 0 Å². The molecule has 49 heavy (non-hydrogen) atoms. The van der Waals surface area contributed by atoms with Crippen molar-refractivity contribution in [3.05, 3.63) is 169 Å². The second-order valence-corrected chi connectivity index (χ2v) is 11.7. The number of benzene rings is 6. The minimum atomic E-state index is 0.543. The van der Waals surface area contributed by atoms with Crippen LogP contribution in [0.1, 0.15) is 0 Å². The Morgan fingerprint density at radius 2 is 0.592 bits per heavy atom. The molecule has 0 N–H and O–H groups in total. The minimum absolute atomic E-state index is 0.543. The van der Waals surface area contributed by atoms with E-state index in [-0.39, 0.29) is 0 Å². The van der Waals surface area contributed by atoms with Gasteiger partial charge in [0.2, 0.25) is 0 Å². The van der Waals surface area contributed by atoms with Gasteiger partial charge in [-0.2, -0.15) is 0 Å². The maximum absolute atomic E-state index is 6.98. The van der Waals surface area contributed by atoms with Crippen LogP contribution >= 0.6 is 11.6 Å². The fourth-order valence-corrected chi connectivity index (χ4v) is 5.87. The van der Waals surface area contributed by atoms with Crippen molar-refractivity contribution < 1.29 is 0 Å². The van der Waals surface area contributed by atoms with E-state index in [9.17, 15) is 0 Å². The maximum atomic E-state index is 6.98. The molecule has 0 aliphatic rings. The van der Waals surface area contributed by atoms with E-state index in [1.165, 1.54) is 0 Å². The molecule has 8 rings (SSSR count). The van der Waals surface area contributed by atoms with Crippen LogP contribution in [0.15, 0.2) is 164 Å². The van der Waals surface area contributed by atoms with E-state index >= 15 is 0 Å². The van der Waals surface area contributed by atoms with Crippen LogP contribution in [0.4, 0.5) is 0 Å². The molecule has 0 bridgehead atoms. The molecular formula is C42H27ClN6. The molecule has 0 atom stereocenters. The first-order valence-corrected chi connectivity index (χ1v) is 16.2. The van der Waals surface area contributed by atoms with Gasteiger partial charge in [0.25, 0.3) is 0 Å². The maximum Gasteiger partial charge on any atom is 0.164 e. The van der Waals surface area contributed by atoms with Crippen molar-refractivity contribution in [3.63, 3.8) is 0 Å². The first-order chi connectivity index (χ1) is 24.2. The van der Waals surface area contributed by atoms with Gasteiger partial charge >= 0.3 is 0 Å². The third kappa shape index (κ3) is 6.33. The number of nitrogens with zero attached hydrogens (tertiary/aromatic N) is 6. The van der Waals surface area contributed by atoms with Gasteiger partial charge in [0.15, 0.2) is 34.9 Å². The Hall–Kier alpha value is -6.37. The standard InChI is InChI=1S/C42H27ClN6/c43-36-26-25-32(41-46-37(28-15-5-1-6-16-28)44-38(47-41)29-17-7-2-8-18-29)27-35(36)33-23-13-14-24-34(33)42-48-39(30-19-9-3-10-20-30)45-40(49-42)31-21-11-4-12-22-31/h1-27H. The highest BCUT2D eigenvalue weighted by Gasteiger charge is 2.19. The van der Waals surface area contributed by atoms with Crippen molar-refractivity contribution in [2.75, 3.05) is 0 Å². The molecular weight excluding hydrogens is 624 g/mol. The van der Waals surface area contributed by atoms with Crippen molar-refractivity contribution in [1.82, 2.24) is 29.9 Å². The lowest BCUT2D eigenvalue weighted by Crippen LogP contribution is -2.01. The fourth-order valence-electron chi connectivity index (χ4n) is 5.65. The van der Waals surface area contributed by atoms with E-state index in [2.05, 4.69) is 0 Å². The van der Waals surface area contributed by atoms with Crippen molar-refractivity contribution >= 4 is 11.6 Å². The second-order valence-electron chi connectivity index (χ2n) is 11.3. The Morgan fingerprint density at radius 3 is 1.00 bits per heavy atom. The quantitative estimate of drug-likeness (QED) is 0.171. The number of halogens is 1. The summed E-state index contributed by atoms with van der Waals surface area (Å²) >= 11 is 6.98. The summed E-state index contributed by atoms with van der Waals surface area (Å²) in [7, 11) is 0. The van der Waals surface area contributed by atoms with E-state index < -0.39 is 0 Å². The Kier molecular flexibility index (Phi) is 8.20. The van der Waals surface area contributed by atoms with E-state index in [4.69, 9.17) is 41.5 Å². The molecule has 7 heteroatoms. The van der Waals surface area contributed by atoms with Gasteiger partial charge < -0.3 is 0 Å². The third-order valence-corrected chi connectivity index (χ3v) is 8.41. The van der Waals surface area contributed by atoms with Gasteiger partial charge in [0.1, 0.15) is 0 Å². The largest absolute Gasteiger partial charge is 0.208 e. The van der Waals surface area contributed by atoms with Gasteiger partial charge in [0.05, 0.1) is 0 Å². The summed E-state index contributed by atoms with van der Waals surface area (Å²) in [5, 5.41) is 0.581. The summed E-state index contributed by atoms with van der Waals surface area (Å²) in [5.41, 5.74) is 6.92. The number of hydrogen-bond donors (Lipinski definition) is 0. The van der Waals surface area contributed by atoms with Crippen LogP contribution in [0, 0.1) is 0 Å². The van der Waals surface area contributed by atoms with Crippen molar-refractivity contribution in [2.45, 2.75) is 0 Å². The molecule has 6 aromatic carbocycles. The van der Waals surface area contributed by atoms with Crippen molar-refractivity contribution in [2.24, 2.45) is 0 Å². The third-order valence-electron chi connectivity index (χ3n) is 8.08. The highest BCUT2D eigenvalue weighted by Crippen LogP contribution is 2.38. The molecule has 232 valence electrons. The van der Waals surface area contributed by atoms with Gasteiger partial charge in [-0.1, -0.05) is 157 Å². The number of hydrogen-bond acceptors (Lipinski definition) is 6. The Balaban J connectivity index is 1.28. The Labute approximate surface area is 288 Å². The van der Waals surface area contributed by atoms with Gasteiger partial charge in [-0.05, 0) is 23.8 Å². The lowest BCUT2D eigenvalue weighted by molar-refractivity contribution is 1.07. The van der Waals surface area contributed by atoms with E-state index in [0.29, 0.717) is 40.0 Å². The van der Waals surface area contributed by atoms with Crippen LogP contribution in [-0.2, 0) is 0 Å². The molecule has 0 aliphatic carbocycles. The molecule has 0 saturated carbocycles. The molecule has 2 heterocycles. The van der Waals surface area contributed by atoms with Gasteiger partial charge in [-0.15, -0.1) is 0 Å². The minimum Gasteiger partial charge on any atom is -0.208 e. The monoisotopic (exact) mass is 650 g/mol. The molecule has 0 fully saturated rings. The zero-order chi connectivity index (χ0) is 33.0. The molecule has 8 aromatic rings. The summed E-state index contributed by atoms with van der Waals surface area (Å²) in [6.07, 6.45) is 0. The van der Waals surface area contributed by atoms with Crippen LogP contribution in [-0.4, -0.2) is 29.9 Å². The highest BCUT2D eigenvalue weighted by atomic mass is 35.5. The van der Waals surface area contributed by atoms with E-state index in [1.54, 1.807) is 0 Å². The second kappa shape index (κ2) is 13.4. The summed E-state index contributed by atoms with van der Waals surface area (Å²) in [4.78, 5) is 29.6. The first kappa shape index (κ1) is 30.0. The normalized spacial score (nSPS) is 11.0. The topological polar surface area (TPSA) is 77.3 Å². The zero-order valence-corrected chi connectivity index (χ0v) is 26.9. The van der Waals surface area contributed by atoms with Gasteiger partial charge in [-0.3, -0.25) is 0 Å². The van der Waals surface area contributed by atoms with E-state index in [1.807, 2.05) is 164 Å². The van der Waals surface area contributed by atoms with Crippen LogP contribution in [0.25, 0.3) is 79.5 Å². The van der Waals surface area contributed by atoms with Crippen molar-refractivity contribution in [1.29, 1.82) is 0 Å². The summed E-state index contributed by atoms with van der Waals surface area (Å²) in [6.45, 7) is 0. The number of rotatable bonds is 7. The zero-order valence-electron chi connectivity index (χ0n) is 26.1. The predicted octanol–water partition coefficient (Wildman–Crippen LogP) is 10.4. The first-order valence-electron chi connectivity index (χ1n) is 15.8. The van der Waals surface area contributed by atoms with Gasteiger partial charge in [0, 0.05) is 44.0 Å². The van der Waals surface area contributed by atoms with Crippen LogP contribution in [0.2, 0.25) is 5.02 Å². The SMILES string of the molecule is Clc1ccc(-c2nc(-c3ccccc3)nc(-c3ccccc3)n2)cc1-c1ccccc1-c1nc(-c2ccccc2)nc(-c2ccccc2)n1. The molecule has 0 spiro atoms. The van der Waals surface area contributed by atoms with Crippen LogP contribution < -0.4 is 0 Å². The molecule has 6 nitrogen and oxygen atoms in total. The molecule has 0 amide bonds. The Morgan fingerprint density at radius 1 is 0.265 bits per heavy atom. The van der Waals surface area contributed by atoms with Gasteiger partial charge in [-0.25, -0.2) is 29.9 Å². The summed E-state index contributed by atoms with van der Waals surface area (Å²) in [5.74, 6) is 3.45. The summed E-state index contributed by atoms with van der Waals surface area (Å²) in [6, 6.07) is 53.6. The smallest absolute Gasteiger partial charge is 0.164 e. The lowest BCUT2D eigenvalue weighted by atomic mass is 9.97. The molecule has 2 aromatic heterocycles. The fraction of sp³-hybridized carbons (Fsp3) is 0. The Bertz CT molecular complexity index is 2270. The highest BCUT2D eigenvalue weighted by molar-refractivity contribution is 6.33. The molecule has 0 unspecified atom stereocenters. The molecule has 0 radical (unpaired) electrons. The van der Waals surface area contributed by atoms with Crippen LogP contribution in [0.5, 0.6) is 0 Å². The number of aromatic nitrogens is 6. The average Bonchev–Trinajstić information content (AvgIpc) is 3.19. The average molecular weight is 651 g/mol.